The first kappa shape index (κ1) is 11.5. The van der Waals surface area contributed by atoms with E-state index in [1.165, 1.54) is 12.8 Å². The van der Waals surface area contributed by atoms with Crippen LogP contribution in [0, 0.1) is 0 Å². The van der Waals surface area contributed by atoms with Crippen LogP contribution >= 0.6 is 0 Å². The molecule has 4 rings (SSSR count). The summed E-state index contributed by atoms with van der Waals surface area (Å²) in [6, 6.07) is 18.1. The van der Waals surface area contributed by atoms with Crippen molar-refractivity contribution in [3.63, 3.8) is 0 Å². The van der Waals surface area contributed by atoms with Crippen LogP contribution in [0.1, 0.15) is 33.3 Å². The minimum atomic E-state index is -1.24. The van der Waals surface area contributed by atoms with Crippen molar-refractivity contribution in [2.24, 2.45) is 0 Å². The molecule has 0 radical (unpaired) electrons. The molecule has 0 spiro atoms. The molecule has 19 heavy (non-hydrogen) atoms. The quantitative estimate of drug-likeness (QED) is 0.703. The molecule has 0 heterocycles. The van der Waals surface area contributed by atoms with Gasteiger partial charge in [-0.25, -0.2) is 0 Å². The maximum absolute atomic E-state index is 2.61. The van der Waals surface area contributed by atoms with E-state index in [1.807, 2.05) is 0 Å². The van der Waals surface area contributed by atoms with Crippen LogP contribution in [0.5, 0.6) is 0 Å². The number of fused-ring (bicyclic) bond motifs is 2. The summed E-state index contributed by atoms with van der Waals surface area (Å²) in [4.78, 5) is 0. The molecule has 2 aromatic carbocycles. The molecule has 0 N–H and O–H groups in total. The summed E-state index contributed by atoms with van der Waals surface area (Å²) in [7, 11) is -1.24. The van der Waals surface area contributed by atoms with Crippen molar-refractivity contribution in [2.45, 2.75) is 37.0 Å². The third-order valence-corrected chi connectivity index (χ3v) is 10.1. The highest BCUT2D eigenvalue weighted by Crippen LogP contribution is 2.51. The van der Waals surface area contributed by atoms with Crippen LogP contribution < -0.4 is 0 Å². The van der Waals surface area contributed by atoms with E-state index in [-0.39, 0.29) is 0 Å². The summed E-state index contributed by atoms with van der Waals surface area (Å²) in [5.74, 6) is 0. The van der Waals surface area contributed by atoms with Crippen molar-refractivity contribution >= 4 is 8.07 Å². The number of rotatable bonds is 2. The van der Waals surface area contributed by atoms with Crippen LogP contribution in [0.25, 0.3) is 0 Å². The topological polar surface area (TPSA) is 0 Å². The Kier molecular flexibility index (Phi) is 2.31. The maximum atomic E-state index is 2.61. The van der Waals surface area contributed by atoms with E-state index in [1.54, 1.807) is 22.3 Å². The Hall–Kier alpha value is -1.34. The summed E-state index contributed by atoms with van der Waals surface area (Å²) < 4.78 is 0. The van der Waals surface area contributed by atoms with Crippen LogP contribution in [0.2, 0.25) is 13.1 Å². The number of hydrogen-bond acceptors (Lipinski definition) is 0. The van der Waals surface area contributed by atoms with E-state index < -0.39 is 8.07 Å². The average Bonchev–Trinajstić information content (AvgIpc) is 2.32. The first-order chi connectivity index (χ1) is 9.18. The van der Waals surface area contributed by atoms with E-state index in [0.29, 0.717) is 0 Å². The van der Waals surface area contributed by atoms with E-state index in [0.717, 1.165) is 11.1 Å². The Bertz CT molecular complexity index is 586. The van der Waals surface area contributed by atoms with Crippen molar-refractivity contribution in [1.82, 2.24) is 0 Å². The van der Waals surface area contributed by atoms with Crippen molar-refractivity contribution in [1.29, 1.82) is 0 Å². The molecule has 96 valence electrons. The molecule has 1 heteroatoms. The van der Waals surface area contributed by atoms with Crippen molar-refractivity contribution in [2.75, 3.05) is 0 Å². The van der Waals surface area contributed by atoms with Gasteiger partial charge in [-0.2, -0.15) is 0 Å². The van der Waals surface area contributed by atoms with Gasteiger partial charge < -0.3 is 0 Å². The summed E-state index contributed by atoms with van der Waals surface area (Å²) >= 11 is 0. The van der Waals surface area contributed by atoms with Gasteiger partial charge in [0.15, 0.2) is 0 Å². The van der Waals surface area contributed by atoms with E-state index in [9.17, 15) is 0 Å². The number of benzene rings is 2. The van der Waals surface area contributed by atoms with Gasteiger partial charge in [0.2, 0.25) is 0 Å². The van der Waals surface area contributed by atoms with Crippen molar-refractivity contribution in [3.05, 3.63) is 70.8 Å². The molecule has 0 amide bonds. The highest BCUT2D eigenvalue weighted by atomic mass is 28.3. The molecule has 0 saturated heterocycles. The summed E-state index contributed by atoms with van der Waals surface area (Å²) in [5, 5.41) is 0. The standard InChI is InChI=1S/C18H20Si/c1-19(2,17-11-13-7-3-5-9-15(13)17)18-12-14-8-4-6-10-16(14)18/h3-10,17-18H,11-12H2,1-2H3. The minimum Gasteiger partial charge on any atom is -0.0684 e. The second-order valence-electron chi connectivity index (χ2n) is 6.73. The normalized spacial score (nSPS) is 23.9. The first-order valence-electron chi connectivity index (χ1n) is 7.33. The van der Waals surface area contributed by atoms with Crippen LogP contribution in [0.4, 0.5) is 0 Å². The van der Waals surface area contributed by atoms with Crippen LogP contribution in [0.15, 0.2) is 48.5 Å². The van der Waals surface area contributed by atoms with Gasteiger partial charge in [0.05, 0.1) is 8.07 Å². The summed E-state index contributed by atoms with van der Waals surface area (Å²) in [6.07, 6.45) is 2.65. The average molecular weight is 264 g/mol. The van der Waals surface area contributed by atoms with E-state index in [4.69, 9.17) is 0 Å². The second kappa shape index (κ2) is 3.83. The molecule has 2 aromatic rings. The van der Waals surface area contributed by atoms with Gasteiger partial charge in [-0.1, -0.05) is 61.6 Å². The third kappa shape index (κ3) is 1.51. The summed E-state index contributed by atoms with van der Waals surface area (Å²) in [6.45, 7) is 5.21. The zero-order valence-electron chi connectivity index (χ0n) is 11.7. The lowest BCUT2D eigenvalue weighted by molar-refractivity contribution is 0.690. The van der Waals surface area contributed by atoms with Gasteiger partial charge in [0.1, 0.15) is 0 Å². The zero-order chi connectivity index (χ0) is 13.0. The second-order valence-corrected chi connectivity index (χ2v) is 11.8. The molecular formula is C18H20Si. The zero-order valence-corrected chi connectivity index (χ0v) is 12.7. The van der Waals surface area contributed by atoms with Gasteiger partial charge in [0, 0.05) is 0 Å². The largest absolute Gasteiger partial charge is 0.0684 e. The minimum absolute atomic E-state index is 0.877. The van der Waals surface area contributed by atoms with Crippen molar-refractivity contribution in [3.8, 4) is 0 Å². The third-order valence-electron chi connectivity index (χ3n) is 5.51. The maximum Gasteiger partial charge on any atom is 0.0636 e. The predicted octanol–water partition coefficient (Wildman–Crippen LogP) is 4.45. The van der Waals surface area contributed by atoms with Crippen LogP contribution in [-0.4, -0.2) is 8.07 Å². The Morgan fingerprint density at radius 1 is 0.737 bits per heavy atom. The lowest BCUT2D eigenvalue weighted by atomic mass is 9.87. The van der Waals surface area contributed by atoms with Gasteiger partial charge in [0.25, 0.3) is 0 Å². The van der Waals surface area contributed by atoms with E-state index in [2.05, 4.69) is 61.6 Å². The Labute approximate surface area is 116 Å². The van der Waals surface area contributed by atoms with Gasteiger partial charge in [-0.05, 0) is 46.2 Å². The highest BCUT2D eigenvalue weighted by molar-refractivity contribution is 6.80. The molecule has 2 aliphatic rings. The van der Waals surface area contributed by atoms with Crippen molar-refractivity contribution < 1.29 is 0 Å². The molecule has 0 fully saturated rings. The van der Waals surface area contributed by atoms with Gasteiger partial charge in [-0.15, -0.1) is 0 Å². The predicted molar refractivity (Wildman–Crippen MR) is 83.3 cm³/mol. The molecule has 0 aromatic heterocycles. The summed E-state index contributed by atoms with van der Waals surface area (Å²) in [5.41, 5.74) is 8.26. The number of hydrogen-bond donors (Lipinski definition) is 0. The fraction of sp³-hybridized carbons (Fsp3) is 0.333. The molecule has 2 atom stereocenters. The molecular weight excluding hydrogens is 244 g/mol. The molecule has 0 aliphatic heterocycles. The Morgan fingerprint density at radius 3 is 1.58 bits per heavy atom. The molecule has 0 saturated carbocycles. The molecule has 0 bridgehead atoms. The molecule has 0 nitrogen and oxygen atoms in total. The van der Waals surface area contributed by atoms with Crippen LogP contribution in [0.3, 0.4) is 0 Å². The van der Waals surface area contributed by atoms with E-state index >= 15 is 0 Å². The highest BCUT2D eigenvalue weighted by Gasteiger charge is 2.48. The Balaban J connectivity index is 1.67. The SMILES string of the molecule is C[Si](C)(C1Cc2ccccc21)C1Cc2ccccc21. The Morgan fingerprint density at radius 2 is 1.16 bits per heavy atom. The lowest BCUT2D eigenvalue weighted by Gasteiger charge is -2.49. The van der Waals surface area contributed by atoms with Crippen LogP contribution in [-0.2, 0) is 12.8 Å². The molecule has 2 unspecified atom stereocenters. The van der Waals surface area contributed by atoms with Gasteiger partial charge in [-0.3, -0.25) is 0 Å². The smallest absolute Gasteiger partial charge is 0.0636 e. The van der Waals surface area contributed by atoms with Gasteiger partial charge >= 0.3 is 0 Å². The molecule has 2 aliphatic carbocycles. The first-order valence-corrected chi connectivity index (χ1v) is 10.5. The fourth-order valence-corrected chi connectivity index (χ4v) is 8.23. The lowest BCUT2D eigenvalue weighted by Crippen LogP contribution is -2.50. The fourth-order valence-electron chi connectivity index (χ4n) is 4.09. The monoisotopic (exact) mass is 264 g/mol.